The third-order valence-electron chi connectivity index (χ3n) is 2.78. The van der Waals surface area contributed by atoms with Gasteiger partial charge in [-0.15, -0.1) is 0 Å². The molecule has 0 spiro atoms. The first-order valence-corrected chi connectivity index (χ1v) is 5.57. The molecule has 0 bridgehead atoms. The number of aliphatic hydroxyl groups is 1. The summed E-state index contributed by atoms with van der Waals surface area (Å²) in [6, 6.07) is 4.80. The second-order valence-corrected chi connectivity index (χ2v) is 4.15. The van der Waals surface area contributed by atoms with E-state index in [0.29, 0.717) is 6.42 Å². The smallest absolute Gasteiger partial charge is 0.125 e. The summed E-state index contributed by atoms with van der Waals surface area (Å²) < 4.78 is 15.2. The Morgan fingerprint density at radius 2 is 2.19 bits per heavy atom. The maximum absolute atomic E-state index is 13.2. The fourth-order valence-corrected chi connectivity index (χ4v) is 2.08. The fraction of sp³-hybridized carbons (Fsp3) is 0.385. The van der Waals surface area contributed by atoms with Gasteiger partial charge in [-0.25, -0.2) is 4.39 Å². The maximum Gasteiger partial charge on any atom is 0.125 e. The van der Waals surface area contributed by atoms with Crippen molar-refractivity contribution in [2.75, 3.05) is 0 Å². The number of aromatic nitrogens is 1. The number of benzene rings is 1. The molecule has 2 rings (SSSR count). The summed E-state index contributed by atoms with van der Waals surface area (Å²) in [7, 11) is 0. The molecular formula is C13H16FNO. The van der Waals surface area contributed by atoms with Crippen LogP contribution < -0.4 is 0 Å². The van der Waals surface area contributed by atoms with E-state index in [2.05, 4.69) is 0 Å². The molecular weight excluding hydrogens is 205 g/mol. The number of nitrogens with zero attached hydrogens (tertiary/aromatic N) is 1. The Kier molecular flexibility index (Phi) is 2.97. The second-order valence-electron chi connectivity index (χ2n) is 4.15. The van der Waals surface area contributed by atoms with Gasteiger partial charge in [0.25, 0.3) is 0 Å². The molecule has 0 fully saturated rings. The zero-order chi connectivity index (χ0) is 11.7. The van der Waals surface area contributed by atoms with Gasteiger partial charge in [0.2, 0.25) is 0 Å². The Morgan fingerprint density at radius 3 is 2.81 bits per heavy atom. The summed E-state index contributed by atoms with van der Waals surface area (Å²) in [6.07, 6.45) is 2.23. The van der Waals surface area contributed by atoms with Gasteiger partial charge in [-0.2, -0.15) is 0 Å². The van der Waals surface area contributed by atoms with Crippen LogP contribution in [0.3, 0.4) is 0 Å². The Hall–Kier alpha value is -1.35. The summed E-state index contributed by atoms with van der Waals surface area (Å²) in [4.78, 5) is 0. The van der Waals surface area contributed by atoms with Crippen LogP contribution in [0.5, 0.6) is 0 Å². The predicted molar refractivity (Wildman–Crippen MR) is 63.0 cm³/mol. The number of halogens is 1. The van der Waals surface area contributed by atoms with Crippen LogP contribution in [0.2, 0.25) is 0 Å². The van der Waals surface area contributed by atoms with Gasteiger partial charge >= 0.3 is 0 Å². The molecule has 1 N–H and O–H groups in total. The average Bonchev–Trinajstić information content (AvgIpc) is 2.55. The number of aryl methyl sites for hydroxylation is 1. The van der Waals surface area contributed by atoms with E-state index in [4.69, 9.17) is 0 Å². The lowest BCUT2D eigenvalue weighted by Gasteiger charge is -2.01. The van der Waals surface area contributed by atoms with Crippen LogP contribution in [0.4, 0.5) is 4.39 Å². The molecule has 86 valence electrons. The number of fused-ring (bicyclic) bond motifs is 1. The van der Waals surface area contributed by atoms with Crippen molar-refractivity contribution in [3.8, 4) is 0 Å². The van der Waals surface area contributed by atoms with E-state index in [1.807, 2.05) is 17.7 Å². The lowest BCUT2D eigenvalue weighted by atomic mass is 10.1. The Bertz CT molecular complexity index is 502. The summed E-state index contributed by atoms with van der Waals surface area (Å²) in [6.45, 7) is 4.59. The summed E-state index contributed by atoms with van der Waals surface area (Å²) >= 11 is 0. The van der Waals surface area contributed by atoms with E-state index in [9.17, 15) is 9.50 Å². The SMILES string of the molecule is CCn1cc(CC(C)O)c2ccc(F)cc21. The van der Waals surface area contributed by atoms with Gasteiger partial charge in [0.1, 0.15) is 5.82 Å². The molecule has 0 amide bonds. The summed E-state index contributed by atoms with van der Waals surface area (Å²) in [5.74, 6) is -0.219. The molecule has 1 aromatic heterocycles. The third-order valence-corrected chi connectivity index (χ3v) is 2.78. The van der Waals surface area contributed by atoms with Gasteiger partial charge in [0, 0.05) is 24.5 Å². The molecule has 0 saturated carbocycles. The van der Waals surface area contributed by atoms with Crippen LogP contribution in [-0.4, -0.2) is 15.8 Å². The molecule has 1 atom stereocenters. The molecule has 1 heterocycles. The highest BCUT2D eigenvalue weighted by atomic mass is 19.1. The van der Waals surface area contributed by atoms with Crippen molar-refractivity contribution in [1.82, 2.24) is 4.57 Å². The van der Waals surface area contributed by atoms with Gasteiger partial charge in [-0.3, -0.25) is 0 Å². The van der Waals surface area contributed by atoms with Gasteiger partial charge in [0.15, 0.2) is 0 Å². The van der Waals surface area contributed by atoms with Gasteiger partial charge < -0.3 is 9.67 Å². The van der Waals surface area contributed by atoms with E-state index in [1.165, 1.54) is 6.07 Å². The highest BCUT2D eigenvalue weighted by molar-refractivity contribution is 5.84. The van der Waals surface area contributed by atoms with Gasteiger partial charge in [-0.1, -0.05) is 0 Å². The Morgan fingerprint density at radius 1 is 1.44 bits per heavy atom. The van der Waals surface area contributed by atoms with Crippen LogP contribution >= 0.6 is 0 Å². The van der Waals surface area contributed by atoms with Crippen LogP contribution in [0.25, 0.3) is 10.9 Å². The first kappa shape index (κ1) is 11.1. The molecule has 3 heteroatoms. The standard InChI is InChI=1S/C13H16FNO/c1-3-15-8-10(6-9(2)16)12-5-4-11(14)7-13(12)15/h4-5,7-9,16H,3,6H2,1-2H3. The molecule has 0 radical (unpaired) electrons. The lowest BCUT2D eigenvalue weighted by Crippen LogP contribution is -2.03. The topological polar surface area (TPSA) is 25.2 Å². The van der Waals surface area contributed by atoms with E-state index in [0.717, 1.165) is 23.0 Å². The van der Waals surface area contributed by atoms with E-state index in [-0.39, 0.29) is 11.9 Å². The van der Waals surface area contributed by atoms with Crippen molar-refractivity contribution in [3.05, 3.63) is 35.8 Å². The zero-order valence-electron chi connectivity index (χ0n) is 9.57. The third kappa shape index (κ3) is 1.95. The molecule has 1 unspecified atom stereocenters. The molecule has 0 aliphatic heterocycles. The van der Waals surface area contributed by atoms with Crippen molar-refractivity contribution in [2.45, 2.75) is 32.9 Å². The van der Waals surface area contributed by atoms with Crippen LogP contribution in [-0.2, 0) is 13.0 Å². The minimum absolute atomic E-state index is 0.219. The summed E-state index contributed by atoms with van der Waals surface area (Å²) in [5, 5.41) is 10.5. The minimum atomic E-state index is -0.374. The van der Waals surface area contributed by atoms with Crippen molar-refractivity contribution in [3.63, 3.8) is 0 Å². The van der Waals surface area contributed by atoms with Crippen molar-refractivity contribution in [2.24, 2.45) is 0 Å². The first-order valence-electron chi connectivity index (χ1n) is 5.57. The van der Waals surface area contributed by atoms with E-state index >= 15 is 0 Å². The Labute approximate surface area is 94.3 Å². The average molecular weight is 221 g/mol. The molecule has 1 aromatic carbocycles. The number of aliphatic hydroxyl groups excluding tert-OH is 1. The maximum atomic E-state index is 13.2. The zero-order valence-corrected chi connectivity index (χ0v) is 9.57. The Balaban J connectivity index is 2.58. The predicted octanol–water partition coefficient (Wildman–Crippen LogP) is 2.72. The molecule has 0 aliphatic carbocycles. The minimum Gasteiger partial charge on any atom is -0.393 e. The quantitative estimate of drug-likeness (QED) is 0.847. The summed E-state index contributed by atoms with van der Waals surface area (Å²) in [5.41, 5.74) is 1.98. The monoisotopic (exact) mass is 221 g/mol. The number of rotatable bonds is 3. The molecule has 16 heavy (non-hydrogen) atoms. The molecule has 2 aromatic rings. The first-order chi connectivity index (χ1) is 7.61. The van der Waals surface area contributed by atoms with Crippen LogP contribution in [0, 0.1) is 5.82 Å². The number of hydrogen-bond acceptors (Lipinski definition) is 1. The van der Waals surface area contributed by atoms with Crippen LogP contribution in [0.1, 0.15) is 19.4 Å². The van der Waals surface area contributed by atoms with Crippen LogP contribution in [0.15, 0.2) is 24.4 Å². The van der Waals surface area contributed by atoms with E-state index in [1.54, 1.807) is 19.1 Å². The highest BCUT2D eigenvalue weighted by Crippen LogP contribution is 2.23. The van der Waals surface area contributed by atoms with Gasteiger partial charge in [-0.05, 0) is 37.6 Å². The van der Waals surface area contributed by atoms with Crippen molar-refractivity contribution in [1.29, 1.82) is 0 Å². The normalized spacial score (nSPS) is 13.2. The molecule has 0 aliphatic rings. The van der Waals surface area contributed by atoms with Crippen molar-refractivity contribution >= 4 is 10.9 Å². The van der Waals surface area contributed by atoms with E-state index < -0.39 is 0 Å². The number of hydrogen-bond donors (Lipinski definition) is 1. The highest BCUT2D eigenvalue weighted by Gasteiger charge is 2.10. The van der Waals surface area contributed by atoms with Crippen molar-refractivity contribution < 1.29 is 9.50 Å². The largest absolute Gasteiger partial charge is 0.393 e. The second kappa shape index (κ2) is 4.26. The molecule has 0 saturated heterocycles. The molecule has 2 nitrogen and oxygen atoms in total. The lowest BCUT2D eigenvalue weighted by molar-refractivity contribution is 0.196. The van der Waals surface area contributed by atoms with Gasteiger partial charge in [0.05, 0.1) is 11.6 Å². The fourth-order valence-electron chi connectivity index (χ4n) is 2.08.